The molecule has 0 aromatic carbocycles. The molecule has 0 aromatic rings. The summed E-state index contributed by atoms with van der Waals surface area (Å²) < 4.78 is 6.30. The van der Waals surface area contributed by atoms with Crippen LogP contribution in [0.2, 0.25) is 0 Å². The molecular formula is C26H43N3O3. The van der Waals surface area contributed by atoms with E-state index in [1.54, 1.807) is 0 Å². The smallest absolute Gasteiger partial charge is 0.248 e. The molecule has 3 heterocycles. The van der Waals surface area contributed by atoms with Gasteiger partial charge in [-0.2, -0.15) is 0 Å². The van der Waals surface area contributed by atoms with Crippen LogP contribution < -0.4 is 10.6 Å². The zero-order valence-electron chi connectivity index (χ0n) is 20.2. The van der Waals surface area contributed by atoms with E-state index in [-0.39, 0.29) is 17.9 Å². The number of hydrogen-bond donors (Lipinski definition) is 2. The molecule has 2 aliphatic carbocycles. The Balaban J connectivity index is 1.25. The van der Waals surface area contributed by atoms with Crippen LogP contribution in [-0.2, 0) is 14.3 Å². The molecule has 2 amide bonds. The number of rotatable bonds is 6. The van der Waals surface area contributed by atoms with Crippen molar-refractivity contribution in [2.24, 2.45) is 29.6 Å². The van der Waals surface area contributed by atoms with Crippen molar-refractivity contribution in [3.63, 3.8) is 0 Å². The highest BCUT2D eigenvalue weighted by atomic mass is 16.5. The monoisotopic (exact) mass is 445 g/mol. The summed E-state index contributed by atoms with van der Waals surface area (Å²) in [5, 5.41) is 6.89. The third-order valence-corrected chi connectivity index (χ3v) is 9.35. The van der Waals surface area contributed by atoms with E-state index in [0.29, 0.717) is 47.7 Å². The molecule has 0 bridgehead atoms. The number of nitrogens with zero attached hydrogens (tertiary/aromatic N) is 1. The SMILES string of the molecule is CC(C)CCNC(=O)C(C)OC1CCC2C(C1)C1CCNC3C4CCCCC4C(=O)N2C13. The lowest BCUT2D eigenvalue weighted by atomic mass is 9.66. The number of amides is 2. The topological polar surface area (TPSA) is 70.7 Å². The number of piperidine rings is 2. The second-order valence-electron chi connectivity index (χ2n) is 11.6. The van der Waals surface area contributed by atoms with Crippen LogP contribution in [0, 0.1) is 29.6 Å². The normalized spacial score (nSPS) is 41.6. The lowest BCUT2D eigenvalue weighted by Crippen LogP contribution is -2.66. The van der Waals surface area contributed by atoms with Gasteiger partial charge in [-0.1, -0.05) is 26.7 Å². The zero-order valence-corrected chi connectivity index (χ0v) is 20.2. The fourth-order valence-corrected chi connectivity index (χ4v) is 7.90. The number of fused-ring (bicyclic) bond motifs is 5. The summed E-state index contributed by atoms with van der Waals surface area (Å²) in [6, 6.07) is 1.27. The standard InChI is InChI=1S/C26H43N3O3/c1-15(2)10-12-28-25(30)16(3)32-17-8-9-22-21(14-17)19-11-13-27-23-18-6-4-5-7-20(18)26(31)29(22)24(19)23/h15-24,27H,4-14H2,1-3H3,(H,28,30). The van der Waals surface area contributed by atoms with E-state index in [4.69, 9.17) is 4.74 Å². The first kappa shape index (κ1) is 22.6. The van der Waals surface area contributed by atoms with E-state index in [0.717, 1.165) is 45.2 Å². The zero-order chi connectivity index (χ0) is 22.4. The lowest BCUT2D eigenvalue weighted by Gasteiger charge is -2.52. The van der Waals surface area contributed by atoms with Crippen molar-refractivity contribution in [3.05, 3.63) is 0 Å². The molecule has 6 nitrogen and oxygen atoms in total. The van der Waals surface area contributed by atoms with Gasteiger partial charge in [0.1, 0.15) is 6.10 Å². The van der Waals surface area contributed by atoms with E-state index in [1.165, 1.54) is 25.7 Å². The molecule has 32 heavy (non-hydrogen) atoms. The Morgan fingerprint density at radius 2 is 1.91 bits per heavy atom. The third kappa shape index (κ3) is 4.00. The van der Waals surface area contributed by atoms with Crippen molar-refractivity contribution < 1.29 is 14.3 Å². The van der Waals surface area contributed by atoms with Gasteiger partial charge >= 0.3 is 0 Å². The maximum atomic E-state index is 13.6. The number of nitrogens with one attached hydrogen (secondary N) is 2. The van der Waals surface area contributed by atoms with Crippen LogP contribution in [0.4, 0.5) is 0 Å². The minimum absolute atomic E-state index is 0.0119. The van der Waals surface area contributed by atoms with Gasteiger partial charge in [0.25, 0.3) is 0 Å². The highest BCUT2D eigenvalue weighted by molar-refractivity contribution is 5.82. The Morgan fingerprint density at radius 1 is 1.09 bits per heavy atom. The Morgan fingerprint density at radius 3 is 2.72 bits per heavy atom. The van der Waals surface area contributed by atoms with Crippen molar-refractivity contribution in [3.8, 4) is 0 Å². The second-order valence-corrected chi connectivity index (χ2v) is 11.6. The molecule has 0 radical (unpaired) electrons. The molecule has 5 rings (SSSR count). The Labute approximate surface area is 193 Å². The van der Waals surface area contributed by atoms with E-state index < -0.39 is 6.10 Å². The third-order valence-electron chi connectivity index (χ3n) is 9.35. The molecule has 9 atom stereocenters. The van der Waals surface area contributed by atoms with Crippen LogP contribution in [-0.4, -0.2) is 60.1 Å². The minimum atomic E-state index is -0.405. The van der Waals surface area contributed by atoms with Crippen LogP contribution in [0.3, 0.4) is 0 Å². The highest BCUT2D eigenvalue weighted by Crippen LogP contribution is 2.54. The van der Waals surface area contributed by atoms with Gasteiger partial charge in [0.15, 0.2) is 0 Å². The molecule has 5 fully saturated rings. The van der Waals surface area contributed by atoms with Crippen molar-refractivity contribution in [1.82, 2.24) is 15.5 Å². The summed E-state index contributed by atoms with van der Waals surface area (Å²) in [5.74, 6) is 2.99. The first-order valence-corrected chi connectivity index (χ1v) is 13.4. The van der Waals surface area contributed by atoms with Crippen LogP contribution >= 0.6 is 0 Å². The molecule has 0 spiro atoms. The first-order valence-electron chi connectivity index (χ1n) is 13.4. The van der Waals surface area contributed by atoms with Crippen LogP contribution in [0.25, 0.3) is 0 Å². The van der Waals surface area contributed by atoms with Gasteiger partial charge in [-0.05, 0) is 82.1 Å². The van der Waals surface area contributed by atoms with Crippen molar-refractivity contribution in [2.75, 3.05) is 13.1 Å². The molecule has 9 unspecified atom stereocenters. The average molecular weight is 446 g/mol. The van der Waals surface area contributed by atoms with Crippen LogP contribution in [0.15, 0.2) is 0 Å². The van der Waals surface area contributed by atoms with E-state index in [1.807, 2.05) is 6.92 Å². The molecule has 2 N–H and O–H groups in total. The molecule has 180 valence electrons. The Bertz CT molecular complexity index is 712. The summed E-state index contributed by atoms with van der Waals surface area (Å²) in [6.07, 6.45) is 9.68. The van der Waals surface area contributed by atoms with E-state index in [2.05, 4.69) is 29.4 Å². The maximum Gasteiger partial charge on any atom is 0.248 e. The molecule has 2 saturated carbocycles. The fraction of sp³-hybridized carbons (Fsp3) is 0.923. The number of ether oxygens (including phenoxy) is 1. The molecule has 3 saturated heterocycles. The van der Waals surface area contributed by atoms with E-state index >= 15 is 0 Å². The first-order chi connectivity index (χ1) is 15.5. The summed E-state index contributed by atoms with van der Waals surface area (Å²) in [4.78, 5) is 28.5. The molecule has 3 aliphatic heterocycles. The van der Waals surface area contributed by atoms with Crippen LogP contribution in [0.1, 0.15) is 78.6 Å². The predicted molar refractivity (Wildman–Crippen MR) is 124 cm³/mol. The molecule has 0 aromatic heterocycles. The van der Waals surface area contributed by atoms with Gasteiger partial charge in [-0.3, -0.25) is 9.59 Å². The molecular weight excluding hydrogens is 402 g/mol. The summed E-state index contributed by atoms with van der Waals surface area (Å²) >= 11 is 0. The summed E-state index contributed by atoms with van der Waals surface area (Å²) in [7, 11) is 0. The van der Waals surface area contributed by atoms with Crippen LogP contribution in [0.5, 0.6) is 0 Å². The molecule has 6 heteroatoms. The van der Waals surface area contributed by atoms with Gasteiger partial charge in [0.2, 0.25) is 11.8 Å². The lowest BCUT2D eigenvalue weighted by molar-refractivity contribution is -0.152. The van der Waals surface area contributed by atoms with Gasteiger partial charge in [0, 0.05) is 24.5 Å². The van der Waals surface area contributed by atoms with Gasteiger partial charge in [-0.15, -0.1) is 0 Å². The summed E-state index contributed by atoms with van der Waals surface area (Å²) in [5.41, 5.74) is 0. The second kappa shape index (κ2) is 9.25. The van der Waals surface area contributed by atoms with Crippen molar-refractivity contribution >= 4 is 11.8 Å². The van der Waals surface area contributed by atoms with Crippen molar-refractivity contribution in [2.45, 2.75) is 109 Å². The number of hydrogen-bond acceptors (Lipinski definition) is 4. The fourth-order valence-electron chi connectivity index (χ4n) is 7.90. The largest absolute Gasteiger partial charge is 0.365 e. The number of carbonyl (C=O) groups is 2. The highest BCUT2D eigenvalue weighted by Gasteiger charge is 2.61. The quantitative estimate of drug-likeness (QED) is 0.659. The van der Waals surface area contributed by atoms with E-state index in [9.17, 15) is 9.59 Å². The molecule has 5 aliphatic rings. The van der Waals surface area contributed by atoms with Gasteiger partial charge in [-0.25, -0.2) is 0 Å². The van der Waals surface area contributed by atoms with Gasteiger partial charge < -0.3 is 20.3 Å². The minimum Gasteiger partial charge on any atom is -0.365 e. The predicted octanol–water partition coefficient (Wildman–Crippen LogP) is 3.10. The van der Waals surface area contributed by atoms with Crippen molar-refractivity contribution in [1.29, 1.82) is 0 Å². The summed E-state index contributed by atoms with van der Waals surface area (Å²) in [6.45, 7) is 8.04. The Hall–Kier alpha value is -1.14. The Kier molecular flexibility index (Phi) is 6.54. The van der Waals surface area contributed by atoms with Gasteiger partial charge in [0.05, 0.1) is 12.1 Å². The average Bonchev–Trinajstić information content (AvgIpc) is 3.12. The number of carbonyl (C=O) groups excluding carboxylic acids is 2. The maximum absolute atomic E-state index is 13.6.